The van der Waals surface area contributed by atoms with Crippen molar-refractivity contribution in [1.29, 1.82) is 0 Å². The van der Waals surface area contributed by atoms with Crippen LogP contribution in [-0.4, -0.2) is 50.8 Å². The molecule has 0 aromatic carbocycles. The number of unbranched alkanes of at least 4 members (excludes halogenated alkanes) is 1. The second kappa shape index (κ2) is 8.21. The van der Waals surface area contributed by atoms with Crippen molar-refractivity contribution in [3.63, 3.8) is 0 Å². The molecule has 0 bridgehead atoms. The van der Waals surface area contributed by atoms with E-state index in [0.717, 1.165) is 32.7 Å². The van der Waals surface area contributed by atoms with Gasteiger partial charge in [0, 0.05) is 39.4 Å². The highest BCUT2D eigenvalue weighted by Gasteiger charge is 2.07. The van der Waals surface area contributed by atoms with Crippen molar-refractivity contribution in [1.82, 2.24) is 10.2 Å². The predicted octanol–water partition coefficient (Wildman–Crippen LogP) is 1.10. The zero-order valence-electron chi connectivity index (χ0n) is 9.43. The van der Waals surface area contributed by atoms with Gasteiger partial charge in [0.2, 0.25) is 0 Å². The first-order valence-corrected chi connectivity index (χ1v) is 5.94. The summed E-state index contributed by atoms with van der Waals surface area (Å²) >= 11 is 0. The van der Waals surface area contributed by atoms with E-state index < -0.39 is 0 Å². The predicted molar refractivity (Wildman–Crippen MR) is 59.7 cm³/mol. The lowest BCUT2D eigenvalue weighted by atomic mass is 10.3. The first-order chi connectivity index (χ1) is 6.93. The van der Waals surface area contributed by atoms with E-state index in [0.29, 0.717) is 0 Å². The number of hydrogen-bond acceptors (Lipinski definition) is 3. The molecule has 84 valence electrons. The van der Waals surface area contributed by atoms with Gasteiger partial charge >= 0.3 is 0 Å². The molecule has 1 rings (SSSR count). The highest BCUT2D eigenvalue weighted by molar-refractivity contribution is 4.66. The van der Waals surface area contributed by atoms with Gasteiger partial charge < -0.3 is 15.0 Å². The fourth-order valence-electron chi connectivity index (χ4n) is 1.72. The Morgan fingerprint density at radius 3 is 2.64 bits per heavy atom. The summed E-state index contributed by atoms with van der Waals surface area (Å²) in [6, 6.07) is 0. The average molecular weight is 200 g/mol. The zero-order valence-corrected chi connectivity index (χ0v) is 9.43. The fourth-order valence-corrected chi connectivity index (χ4v) is 1.72. The van der Waals surface area contributed by atoms with Crippen molar-refractivity contribution in [3.05, 3.63) is 0 Å². The van der Waals surface area contributed by atoms with Gasteiger partial charge in [0.15, 0.2) is 0 Å². The number of nitrogens with one attached hydrogen (secondary N) is 1. The van der Waals surface area contributed by atoms with Crippen molar-refractivity contribution in [2.45, 2.75) is 26.2 Å². The minimum atomic E-state index is 0.924. The Balaban J connectivity index is 1.82. The third kappa shape index (κ3) is 5.58. The van der Waals surface area contributed by atoms with Crippen molar-refractivity contribution >= 4 is 0 Å². The molecule has 3 heteroatoms. The zero-order chi connectivity index (χ0) is 10.1. The monoisotopic (exact) mass is 200 g/mol. The summed E-state index contributed by atoms with van der Waals surface area (Å²) in [7, 11) is 0. The lowest BCUT2D eigenvalue weighted by Crippen LogP contribution is -2.43. The molecule has 1 heterocycles. The number of rotatable bonds is 7. The van der Waals surface area contributed by atoms with E-state index in [9.17, 15) is 0 Å². The molecule has 0 atom stereocenters. The van der Waals surface area contributed by atoms with Gasteiger partial charge in [-0.25, -0.2) is 0 Å². The Labute approximate surface area is 87.8 Å². The first kappa shape index (κ1) is 12.0. The van der Waals surface area contributed by atoms with Crippen LogP contribution in [0.25, 0.3) is 0 Å². The van der Waals surface area contributed by atoms with E-state index in [4.69, 9.17) is 4.74 Å². The van der Waals surface area contributed by atoms with Crippen LogP contribution in [0.2, 0.25) is 0 Å². The van der Waals surface area contributed by atoms with Crippen LogP contribution in [0.1, 0.15) is 26.2 Å². The van der Waals surface area contributed by atoms with Crippen LogP contribution < -0.4 is 5.32 Å². The molecule has 0 spiro atoms. The summed E-state index contributed by atoms with van der Waals surface area (Å²) in [5.74, 6) is 0. The van der Waals surface area contributed by atoms with Gasteiger partial charge in [-0.3, -0.25) is 0 Å². The molecule has 0 aliphatic carbocycles. The molecule has 14 heavy (non-hydrogen) atoms. The van der Waals surface area contributed by atoms with Gasteiger partial charge in [-0.2, -0.15) is 0 Å². The van der Waals surface area contributed by atoms with Gasteiger partial charge in [0.05, 0.1) is 0 Å². The molecule has 0 unspecified atom stereocenters. The second-order valence-corrected chi connectivity index (χ2v) is 3.91. The summed E-state index contributed by atoms with van der Waals surface area (Å²) < 4.78 is 5.44. The molecule has 1 N–H and O–H groups in total. The van der Waals surface area contributed by atoms with Crippen molar-refractivity contribution in [2.24, 2.45) is 0 Å². The highest BCUT2D eigenvalue weighted by Crippen LogP contribution is 1.97. The van der Waals surface area contributed by atoms with Crippen molar-refractivity contribution < 1.29 is 4.74 Å². The normalized spacial score (nSPS) is 18.6. The molecule has 1 aliphatic rings. The summed E-state index contributed by atoms with van der Waals surface area (Å²) in [6.45, 7) is 10.0. The van der Waals surface area contributed by atoms with Gasteiger partial charge in [0.25, 0.3) is 0 Å². The lowest BCUT2D eigenvalue weighted by molar-refractivity contribution is 0.126. The number of piperazine rings is 1. The topological polar surface area (TPSA) is 24.5 Å². The average Bonchev–Trinajstić information content (AvgIpc) is 2.25. The Morgan fingerprint density at radius 1 is 1.14 bits per heavy atom. The molecule has 0 saturated carbocycles. The van der Waals surface area contributed by atoms with Crippen LogP contribution in [0, 0.1) is 0 Å². The minimum absolute atomic E-state index is 0.924. The van der Waals surface area contributed by atoms with Crippen LogP contribution in [0.3, 0.4) is 0 Å². The second-order valence-electron chi connectivity index (χ2n) is 3.91. The Morgan fingerprint density at radius 2 is 1.93 bits per heavy atom. The minimum Gasteiger partial charge on any atom is -0.381 e. The van der Waals surface area contributed by atoms with Crippen molar-refractivity contribution in [3.8, 4) is 0 Å². The van der Waals surface area contributed by atoms with E-state index in [2.05, 4.69) is 17.1 Å². The van der Waals surface area contributed by atoms with E-state index in [1.165, 1.54) is 32.5 Å². The maximum absolute atomic E-state index is 5.44. The SMILES string of the molecule is CCCOCCCCN1CCNCC1. The Kier molecular flexibility index (Phi) is 7.01. The van der Waals surface area contributed by atoms with Gasteiger partial charge in [0.1, 0.15) is 0 Å². The molecule has 0 aromatic rings. The third-order valence-corrected chi connectivity index (χ3v) is 2.57. The van der Waals surface area contributed by atoms with E-state index in [-0.39, 0.29) is 0 Å². The largest absolute Gasteiger partial charge is 0.381 e. The van der Waals surface area contributed by atoms with Crippen LogP contribution in [0.4, 0.5) is 0 Å². The summed E-state index contributed by atoms with van der Waals surface area (Å²) in [4.78, 5) is 2.54. The molecule has 1 saturated heterocycles. The summed E-state index contributed by atoms with van der Waals surface area (Å²) in [5, 5.41) is 3.37. The molecule has 1 fully saturated rings. The Bertz CT molecular complexity index is 124. The molecule has 0 aromatic heterocycles. The number of nitrogens with zero attached hydrogens (tertiary/aromatic N) is 1. The molecular weight excluding hydrogens is 176 g/mol. The summed E-state index contributed by atoms with van der Waals surface area (Å²) in [5.41, 5.74) is 0. The van der Waals surface area contributed by atoms with E-state index in [1.807, 2.05) is 0 Å². The quantitative estimate of drug-likeness (QED) is 0.623. The lowest BCUT2D eigenvalue weighted by Gasteiger charge is -2.26. The van der Waals surface area contributed by atoms with Crippen LogP contribution >= 0.6 is 0 Å². The number of ether oxygens (including phenoxy) is 1. The standard InChI is InChI=1S/C11H24N2O/c1-2-10-14-11-4-3-7-13-8-5-12-6-9-13/h12H,2-11H2,1H3. The molecular formula is C11H24N2O. The maximum Gasteiger partial charge on any atom is 0.0466 e. The Hall–Kier alpha value is -0.120. The smallest absolute Gasteiger partial charge is 0.0466 e. The first-order valence-electron chi connectivity index (χ1n) is 5.94. The maximum atomic E-state index is 5.44. The van der Waals surface area contributed by atoms with Gasteiger partial charge in [-0.1, -0.05) is 6.92 Å². The fraction of sp³-hybridized carbons (Fsp3) is 1.00. The third-order valence-electron chi connectivity index (χ3n) is 2.57. The van der Waals surface area contributed by atoms with Crippen LogP contribution in [0.5, 0.6) is 0 Å². The van der Waals surface area contributed by atoms with Crippen LogP contribution in [-0.2, 0) is 4.74 Å². The van der Waals surface area contributed by atoms with Crippen molar-refractivity contribution in [2.75, 3.05) is 45.9 Å². The van der Waals surface area contributed by atoms with Gasteiger partial charge in [-0.05, 0) is 25.8 Å². The summed E-state index contributed by atoms with van der Waals surface area (Å²) in [6.07, 6.45) is 3.63. The van der Waals surface area contributed by atoms with E-state index >= 15 is 0 Å². The highest BCUT2D eigenvalue weighted by atomic mass is 16.5. The van der Waals surface area contributed by atoms with Gasteiger partial charge in [-0.15, -0.1) is 0 Å². The number of hydrogen-bond donors (Lipinski definition) is 1. The van der Waals surface area contributed by atoms with E-state index in [1.54, 1.807) is 0 Å². The molecule has 0 radical (unpaired) electrons. The molecule has 3 nitrogen and oxygen atoms in total. The molecule has 1 aliphatic heterocycles. The van der Waals surface area contributed by atoms with Crippen LogP contribution in [0.15, 0.2) is 0 Å². The molecule has 0 amide bonds.